The van der Waals surface area contributed by atoms with Crippen LogP contribution in [0.3, 0.4) is 0 Å². The number of pyridine rings is 2. The molecule has 144 valence electrons. The second-order valence-electron chi connectivity index (χ2n) is 6.97. The van der Waals surface area contributed by atoms with E-state index >= 15 is 0 Å². The molecule has 5 rings (SSSR count). The molecule has 29 heavy (non-hydrogen) atoms. The topological polar surface area (TPSA) is 72.5 Å². The van der Waals surface area contributed by atoms with Gasteiger partial charge in [0.25, 0.3) is 11.5 Å². The van der Waals surface area contributed by atoms with Crippen molar-refractivity contribution in [1.82, 2.24) is 24.1 Å². The van der Waals surface area contributed by atoms with Crippen LogP contribution < -0.4 is 5.56 Å². The maximum atomic E-state index is 13.2. The van der Waals surface area contributed by atoms with Crippen molar-refractivity contribution in [3.63, 3.8) is 0 Å². The Morgan fingerprint density at radius 3 is 2.76 bits per heavy atom. The van der Waals surface area contributed by atoms with E-state index in [1.165, 1.54) is 16.7 Å². The van der Waals surface area contributed by atoms with Gasteiger partial charge in [0.1, 0.15) is 12.1 Å². The number of benzene rings is 1. The lowest BCUT2D eigenvalue weighted by molar-refractivity contribution is 0.0735. The monoisotopic (exact) mass is 389 g/mol. The average Bonchev–Trinajstić information content (AvgIpc) is 3.22. The first-order valence-electron chi connectivity index (χ1n) is 9.18. The Morgan fingerprint density at radius 1 is 1.10 bits per heavy atom. The summed E-state index contributed by atoms with van der Waals surface area (Å²) in [6, 6.07) is 10.9. The highest BCUT2D eigenvalue weighted by atomic mass is 19.1. The lowest BCUT2D eigenvalue weighted by Gasteiger charge is -2.29. The molecule has 1 amide bonds. The standard InChI is InChI=1S/C21H16FN5O2/c22-16-3-5-17(6-4-16)27-12-15-11-25(9-7-14(15)10-19(27)28)21(29)18-2-1-8-26-13-23-24-20(18)26/h1-6,8,10,12-13H,7,9,11H2. The Kier molecular flexibility index (Phi) is 3.97. The van der Waals surface area contributed by atoms with Crippen LogP contribution in [0.15, 0.2) is 66.0 Å². The Hall–Kier alpha value is -3.81. The maximum absolute atomic E-state index is 13.2. The van der Waals surface area contributed by atoms with Gasteiger partial charge in [0.2, 0.25) is 0 Å². The minimum absolute atomic E-state index is 0.131. The van der Waals surface area contributed by atoms with E-state index in [-0.39, 0.29) is 17.3 Å². The predicted molar refractivity (Wildman–Crippen MR) is 103 cm³/mol. The van der Waals surface area contributed by atoms with Gasteiger partial charge in [-0.1, -0.05) is 0 Å². The molecule has 0 unspecified atom stereocenters. The van der Waals surface area contributed by atoms with Crippen molar-refractivity contribution in [2.45, 2.75) is 13.0 Å². The molecule has 4 heterocycles. The van der Waals surface area contributed by atoms with Crippen molar-refractivity contribution in [3.8, 4) is 5.69 Å². The Bertz CT molecular complexity index is 1290. The maximum Gasteiger partial charge on any atom is 0.258 e. The summed E-state index contributed by atoms with van der Waals surface area (Å²) in [5.41, 5.74) is 3.22. The number of nitrogens with zero attached hydrogens (tertiary/aromatic N) is 5. The normalized spacial score (nSPS) is 13.5. The molecule has 7 nitrogen and oxygen atoms in total. The number of carbonyl (C=O) groups excluding carboxylic acids is 1. The molecular formula is C21H16FN5O2. The zero-order chi connectivity index (χ0) is 20.0. The smallest absolute Gasteiger partial charge is 0.258 e. The third kappa shape index (κ3) is 2.98. The SMILES string of the molecule is O=C(c1cccn2cnnc12)N1CCc2cc(=O)n(-c3ccc(F)cc3)cc2C1. The molecule has 3 aromatic heterocycles. The zero-order valence-electron chi connectivity index (χ0n) is 15.3. The molecule has 1 aromatic carbocycles. The van der Waals surface area contributed by atoms with Crippen LogP contribution in [0.4, 0.5) is 4.39 Å². The minimum Gasteiger partial charge on any atom is -0.334 e. The molecule has 8 heteroatoms. The highest BCUT2D eigenvalue weighted by molar-refractivity contribution is 5.99. The first-order chi connectivity index (χ1) is 14.1. The quantitative estimate of drug-likeness (QED) is 0.527. The van der Waals surface area contributed by atoms with Gasteiger partial charge < -0.3 is 4.90 Å². The number of fused-ring (bicyclic) bond motifs is 2. The van der Waals surface area contributed by atoms with E-state index in [0.29, 0.717) is 36.4 Å². The number of amides is 1. The zero-order valence-corrected chi connectivity index (χ0v) is 15.3. The van der Waals surface area contributed by atoms with Crippen molar-refractivity contribution in [2.24, 2.45) is 0 Å². The second-order valence-corrected chi connectivity index (χ2v) is 6.97. The first-order valence-corrected chi connectivity index (χ1v) is 9.18. The average molecular weight is 389 g/mol. The summed E-state index contributed by atoms with van der Waals surface area (Å²) in [4.78, 5) is 27.4. The molecule has 0 aliphatic carbocycles. The fourth-order valence-electron chi connectivity index (χ4n) is 3.69. The molecule has 1 aliphatic rings. The van der Waals surface area contributed by atoms with E-state index in [1.54, 1.807) is 58.4 Å². The molecule has 0 fully saturated rings. The summed E-state index contributed by atoms with van der Waals surface area (Å²) in [7, 11) is 0. The van der Waals surface area contributed by atoms with Gasteiger partial charge in [-0.05, 0) is 53.9 Å². The number of aromatic nitrogens is 4. The third-order valence-electron chi connectivity index (χ3n) is 5.19. The lowest BCUT2D eigenvalue weighted by Crippen LogP contribution is -2.37. The molecule has 0 N–H and O–H groups in total. The third-order valence-corrected chi connectivity index (χ3v) is 5.19. The van der Waals surface area contributed by atoms with Crippen LogP contribution in [-0.4, -0.2) is 36.5 Å². The Balaban J connectivity index is 1.49. The summed E-state index contributed by atoms with van der Waals surface area (Å²) < 4.78 is 16.4. The molecular weight excluding hydrogens is 373 g/mol. The number of halogens is 1. The van der Waals surface area contributed by atoms with Gasteiger partial charge in [0.05, 0.1) is 5.56 Å². The van der Waals surface area contributed by atoms with Crippen molar-refractivity contribution < 1.29 is 9.18 Å². The molecule has 4 aromatic rings. The highest BCUT2D eigenvalue weighted by Gasteiger charge is 2.25. The summed E-state index contributed by atoms with van der Waals surface area (Å²) in [6.07, 6.45) is 5.68. The van der Waals surface area contributed by atoms with Crippen LogP contribution >= 0.6 is 0 Å². The van der Waals surface area contributed by atoms with E-state index in [9.17, 15) is 14.0 Å². The van der Waals surface area contributed by atoms with E-state index in [0.717, 1.165) is 11.1 Å². The molecule has 0 saturated heterocycles. The number of rotatable bonds is 2. The minimum atomic E-state index is -0.362. The van der Waals surface area contributed by atoms with Crippen molar-refractivity contribution in [3.05, 3.63) is 94.0 Å². The van der Waals surface area contributed by atoms with E-state index in [2.05, 4.69) is 10.2 Å². The largest absolute Gasteiger partial charge is 0.334 e. The summed E-state index contributed by atoms with van der Waals surface area (Å²) >= 11 is 0. The van der Waals surface area contributed by atoms with Gasteiger partial charge >= 0.3 is 0 Å². The Labute approximate surface area is 164 Å². The van der Waals surface area contributed by atoms with Gasteiger partial charge in [-0.25, -0.2) is 4.39 Å². The van der Waals surface area contributed by atoms with Gasteiger partial charge in [0, 0.05) is 37.2 Å². The van der Waals surface area contributed by atoms with Gasteiger partial charge in [0.15, 0.2) is 5.65 Å². The molecule has 1 aliphatic heterocycles. The molecule has 0 spiro atoms. The van der Waals surface area contributed by atoms with Crippen LogP contribution in [-0.2, 0) is 13.0 Å². The van der Waals surface area contributed by atoms with Crippen molar-refractivity contribution >= 4 is 11.6 Å². The number of carbonyl (C=O) groups is 1. The van der Waals surface area contributed by atoms with E-state index < -0.39 is 0 Å². The molecule has 0 bridgehead atoms. The summed E-state index contributed by atoms with van der Waals surface area (Å²) in [5, 5.41) is 7.90. The number of hydrogen-bond donors (Lipinski definition) is 0. The predicted octanol–water partition coefficient (Wildman–Crippen LogP) is 2.22. The van der Waals surface area contributed by atoms with Crippen LogP contribution in [0.5, 0.6) is 0 Å². The molecule has 0 saturated carbocycles. The van der Waals surface area contributed by atoms with Crippen molar-refractivity contribution in [1.29, 1.82) is 0 Å². The fraction of sp³-hybridized carbons (Fsp3) is 0.143. The van der Waals surface area contributed by atoms with E-state index in [1.807, 2.05) is 0 Å². The Morgan fingerprint density at radius 2 is 1.93 bits per heavy atom. The van der Waals surface area contributed by atoms with Crippen LogP contribution in [0.25, 0.3) is 11.3 Å². The molecule has 0 radical (unpaired) electrons. The highest BCUT2D eigenvalue weighted by Crippen LogP contribution is 2.21. The second kappa shape index (κ2) is 6.66. The first kappa shape index (κ1) is 17.3. The fourth-order valence-corrected chi connectivity index (χ4v) is 3.69. The summed E-state index contributed by atoms with van der Waals surface area (Å²) in [6.45, 7) is 0.895. The van der Waals surface area contributed by atoms with E-state index in [4.69, 9.17) is 0 Å². The van der Waals surface area contributed by atoms with Crippen LogP contribution in [0.2, 0.25) is 0 Å². The lowest BCUT2D eigenvalue weighted by atomic mass is 10.0. The van der Waals surface area contributed by atoms with Crippen molar-refractivity contribution in [2.75, 3.05) is 6.54 Å². The number of hydrogen-bond acceptors (Lipinski definition) is 4. The van der Waals surface area contributed by atoms with Gasteiger partial charge in [-0.3, -0.25) is 18.6 Å². The van der Waals surface area contributed by atoms with Crippen LogP contribution in [0, 0.1) is 5.82 Å². The van der Waals surface area contributed by atoms with Gasteiger partial charge in [-0.15, -0.1) is 10.2 Å². The van der Waals surface area contributed by atoms with Crippen LogP contribution in [0.1, 0.15) is 21.5 Å². The molecule has 0 atom stereocenters. The van der Waals surface area contributed by atoms with Gasteiger partial charge in [-0.2, -0.15) is 0 Å². The summed E-state index contributed by atoms with van der Waals surface area (Å²) in [5.74, 6) is -0.493.